The van der Waals surface area contributed by atoms with Gasteiger partial charge in [0.05, 0.1) is 7.11 Å². The summed E-state index contributed by atoms with van der Waals surface area (Å²) < 4.78 is 5.39. The van der Waals surface area contributed by atoms with Crippen LogP contribution in [-0.4, -0.2) is 31.1 Å². The fourth-order valence-corrected chi connectivity index (χ4v) is 2.95. The molecular weight excluding hydrogens is 248 g/mol. The molecule has 0 radical (unpaired) electrons. The van der Waals surface area contributed by atoms with Gasteiger partial charge in [-0.2, -0.15) is 0 Å². The van der Waals surface area contributed by atoms with E-state index in [9.17, 15) is 0 Å². The molecule has 1 aromatic carbocycles. The van der Waals surface area contributed by atoms with E-state index in [2.05, 4.69) is 11.8 Å². The molecule has 1 saturated heterocycles. The normalized spacial score (nSPS) is 24.4. The van der Waals surface area contributed by atoms with Gasteiger partial charge in [-0.3, -0.25) is 4.90 Å². The quantitative estimate of drug-likeness (QED) is 0.912. The Hall–Kier alpha value is -0.770. The van der Waals surface area contributed by atoms with Crippen molar-refractivity contribution >= 4 is 11.6 Å². The second-order valence-corrected chi connectivity index (χ2v) is 5.43. The Kier molecular flexibility index (Phi) is 4.49. The van der Waals surface area contributed by atoms with E-state index in [4.69, 9.17) is 22.1 Å². The highest BCUT2D eigenvalue weighted by Gasteiger charge is 2.30. The lowest BCUT2D eigenvalue weighted by Crippen LogP contribution is -2.37. The Bertz CT molecular complexity index is 411. The van der Waals surface area contributed by atoms with Crippen molar-refractivity contribution in [2.24, 2.45) is 11.7 Å². The van der Waals surface area contributed by atoms with E-state index in [0.717, 1.165) is 29.4 Å². The van der Waals surface area contributed by atoms with Crippen LogP contribution in [0.3, 0.4) is 0 Å². The van der Waals surface area contributed by atoms with Crippen LogP contribution < -0.4 is 10.5 Å². The Balaban J connectivity index is 2.16. The molecule has 0 amide bonds. The Morgan fingerprint density at radius 1 is 1.50 bits per heavy atom. The van der Waals surface area contributed by atoms with E-state index in [0.29, 0.717) is 18.5 Å². The van der Waals surface area contributed by atoms with Crippen molar-refractivity contribution in [1.29, 1.82) is 0 Å². The molecule has 0 saturated carbocycles. The average molecular weight is 269 g/mol. The zero-order valence-corrected chi connectivity index (χ0v) is 11.8. The Morgan fingerprint density at radius 2 is 2.28 bits per heavy atom. The van der Waals surface area contributed by atoms with Gasteiger partial charge in [0.15, 0.2) is 0 Å². The maximum atomic E-state index is 6.06. The fourth-order valence-electron chi connectivity index (χ4n) is 2.75. The summed E-state index contributed by atoms with van der Waals surface area (Å²) in [5, 5.41) is 0.752. The van der Waals surface area contributed by atoms with Crippen LogP contribution in [0.1, 0.15) is 18.9 Å². The van der Waals surface area contributed by atoms with Crippen molar-refractivity contribution in [3.05, 3.63) is 28.8 Å². The summed E-state index contributed by atoms with van der Waals surface area (Å²) in [6, 6.07) is 6.23. The van der Waals surface area contributed by atoms with E-state index in [1.54, 1.807) is 7.11 Å². The van der Waals surface area contributed by atoms with E-state index in [1.165, 1.54) is 6.42 Å². The lowest BCUT2D eigenvalue weighted by Gasteiger charge is -2.26. The number of ether oxygens (including phenoxy) is 1. The van der Waals surface area contributed by atoms with Crippen molar-refractivity contribution in [3.63, 3.8) is 0 Å². The summed E-state index contributed by atoms with van der Waals surface area (Å²) in [6.07, 6.45) is 1.21. The average Bonchev–Trinajstić information content (AvgIpc) is 2.70. The summed E-state index contributed by atoms with van der Waals surface area (Å²) >= 11 is 6.06. The molecule has 4 heteroatoms. The molecule has 0 aliphatic carbocycles. The molecule has 2 N–H and O–H groups in total. The van der Waals surface area contributed by atoms with Crippen LogP contribution in [0, 0.1) is 5.92 Å². The van der Waals surface area contributed by atoms with Gasteiger partial charge in [-0.25, -0.2) is 0 Å². The minimum absolute atomic E-state index is 0.466. The van der Waals surface area contributed by atoms with Crippen molar-refractivity contribution in [2.75, 3.05) is 20.2 Å². The monoisotopic (exact) mass is 268 g/mol. The third-order valence-electron chi connectivity index (χ3n) is 3.85. The van der Waals surface area contributed by atoms with Crippen LogP contribution in [0.2, 0.25) is 5.02 Å². The molecule has 100 valence electrons. The van der Waals surface area contributed by atoms with Crippen LogP contribution >= 0.6 is 11.6 Å². The molecule has 2 rings (SSSR count). The number of benzene rings is 1. The van der Waals surface area contributed by atoms with Crippen molar-refractivity contribution in [3.8, 4) is 5.75 Å². The summed E-state index contributed by atoms with van der Waals surface area (Å²) in [4.78, 5) is 2.43. The van der Waals surface area contributed by atoms with Crippen LogP contribution in [-0.2, 0) is 6.54 Å². The first kappa shape index (κ1) is 13.7. The lowest BCUT2D eigenvalue weighted by molar-refractivity contribution is 0.225. The Labute approximate surface area is 114 Å². The summed E-state index contributed by atoms with van der Waals surface area (Å²) in [6.45, 7) is 4.94. The van der Waals surface area contributed by atoms with Crippen LogP contribution in [0.5, 0.6) is 5.75 Å². The number of hydrogen-bond acceptors (Lipinski definition) is 3. The molecule has 1 aliphatic rings. The van der Waals surface area contributed by atoms with E-state index >= 15 is 0 Å². The standard InChI is InChI=1S/C14H21ClN2O/c1-10-5-6-17(13(10)8-16)9-11-7-12(15)3-4-14(11)18-2/h3-4,7,10,13H,5-6,8-9,16H2,1-2H3. The van der Waals surface area contributed by atoms with Gasteiger partial charge in [0.25, 0.3) is 0 Å². The largest absolute Gasteiger partial charge is 0.496 e. The number of nitrogens with two attached hydrogens (primary N) is 1. The zero-order chi connectivity index (χ0) is 13.1. The number of methoxy groups -OCH3 is 1. The summed E-state index contributed by atoms with van der Waals surface area (Å²) in [7, 11) is 1.69. The SMILES string of the molecule is COc1ccc(Cl)cc1CN1CCC(C)C1CN. The number of nitrogens with zero attached hydrogens (tertiary/aromatic N) is 1. The van der Waals surface area contributed by atoms with Crippen LogP contribution in [0.25, 0.3) is 0 Å². The van der Waals surface area contributed by atoms with E-state index in [1.807, 2.05) is 18.2 Å². The highest BCUT2D eigenvalue weighted by molar-refractivity contribution is 6.30. The zero-order valence-electron chi connectivity index (χ0n) is 11.0. The highest BCUT2D eigenvalue weighted by atomic mass is 35.5. The Morgan fingerprint density at radius 3 is 2.94 bits per heavy atom. The first-order valence-corrected chi connectivity index (χ1v) is 6.80. The molecule has 2 atom stereocenters. The van der Waals surface area contributed by atoms with Gasteiger partial charge in [0.2, 0.25) is 0 Å². The second-order valence-electron chi connectivity index (χ2n) is 5.00. The highest BCUT2D eigenvalue weighted by Crippen LogP contribution is 2.29. The minimum atomic E-state index is 0.466. The smallest absolute Gasteiger partial charge is 0.123 e. The molecule has 3 nitrogen and oxygen atoms in total. The number of likely N-dealkylation sites (tertiary alicyclic amines) is 1. The molecule has 0 aromatic heterocycles. The molecular formula is C14H21ClN2O. The fraction of sp³-hybridized carbons (Fsp3) is 0.571. The number of rotatable bonds is 4. The van der Waals surface area contributed by atoms with Gasteiger partial charge >= 0.3 is 0 Å². The van der Waals surface area contributed by atoms with Gasteiger partial charge in [-0.1, -0.05) is 18.5 Å². The molecule has 18 heavy (non-hydrogen) atoms. The molecule has 1 aromatic rings. The van der Waals surface area contributed by atoms with Gasteiger partial charge in [0, 0.05) is 29.7 Å². The topological polar surface area (TPSA) is 38.5 Å². The molecule has 1 heterocycles. The second kappa shape index (κ2) is 5.91. The third-order valence-corrected chi connectivity index (χ3v) is 4.09. The van der Waals surface area contributed by atoms with Crippen molar-refractivity contribution in [2.45, 2.75) is 25.9 Å². The number of halogens is 1. The molecule has 1 fully saturated rings. The van der Waals surface area contributed by atoms with Crippen LogP contribution in [0.4, 0.5) is 0 Å². The first-order chi connectivity index (χ1) is 8.65. The summed E-state index contributed by atoms with van der Waals surface area (Å²) in [5.74, 6) is 1.56. The van der Waals surface area contributed by atoms with Gasteiger partial charge in [-0.15, -0.1) is 0 Å². The van der Waals surface area contributed by atoms with Crippen LogP contribution in [0.15, 0.2) is 18.2 Å². The van der Waals surface area contributed by atoms with Crippen molar-refractivity contribution < 1.29 is 4.74 Å². The maximum absolute atomic E-state index is 6.06. The predicted molar refractivity (Wildman–Crippen MR) is 75.0 cm³/mol. The van der Waals surface area contributed by atoms with Gasteiger partial charge < -0.3 is 10.5 Å². The molecule has 1 aliphatic heterocycles. The van der Waals surface area contributed by atoms with E-state index < -0.39 is 0 Å². The maximum Gasteiger partial charge on any atom is 0.123 e. The molecule has 0 spiro atoms. The predicted octanol–water partition coefficient (Wildman–Crippen LogP) is 2.52. The first-order valence-electron chi connectivity index (χ1n) is 6.42. The molecule has 0 bridgehead atoms. The molecule has 2 unspecified atom stereocenters. The summed E-state index contributed by atoms with van der Waals surface area (Å²) in [5.41, 5.74) is 7.01. The third kappa shape index (κ3) is 2.79. The van der Waals surface area contributed by atoms with Crippen molar-refractivity contribution in [1.82, 2.24) is 4.90 Å². The lowest BCUT2D eigenvalue weighted by atomic mass is 10.0. The minimum Gasteiger partial charge on any atom is -0.496 e. The number of hydrogen-bond donors (Lipinski definition) is 1. The van der Waals surface area contributed by atoms with Gasteiger partial charge in [0.1, 0.15) is 5.75 Å². The van der Waals surface area contributed by atoms with E-state index in [-0.39, 0.29) is 0 Å². The van der Waals surface area contributed by atoms with Gasteiger partial charge in [-0.05, 0) is 37.1 Å².